The second kappa shape index (κ2) is 6.04. The first-order valence-corrected chi connectivity index (χ1v) is 10.5. The molecule has 0 bridgehead atoms. The molecule has 1 N–H and O–H groups in total. The number of nitrogens with one attached hydrogen (secondary N) is 1. The number of H-pyrrole nitrogens is 1. The molecule has 2 aliphatic heterocycles. The molecule has 130 valence electrons. The van der Waals surface area contributed by atoms with E-state index in [2.05, 4.69) is 9.88 Å². The third-order valence-electron chi connectivity index (χ3n) is 5.39. The number of imidazole rings is 1. The average molecular weight is 349 g/mol. The van der Waals surface area contributed by atoms with Crippen molar-refractivity contribution in [1.29, 1.82) is 0 Å². The Morgan fingerprint density at radius 1 is 1.12 bits per heavy atom. The van der Waals surface area contributed by atoms with E-state index in [4.69, 9.17) is 0 Å². The van der Waals surface area contributed by atoms with Gasteiger partial charge in [0, 0.05) is 25.7 Å². The first kappa shape index (κ1) is 15.9. The van der Waals surface area contributed by atoms with Crippen molar-refractivity contribution in [3.8, 4) is 0 Å². The minimum absolute atomic E-state index is 0.0310. The van der Waals surface area contributed by atoms with E-state index in [0.29, 0.717) is 11.5 Å². The van der Waals surface area contributed by atoms with Gasteiger partial charge in [-0.15, -0.1) is 0 Å². The van der Waals surface area contributed by atoms with E-state index in [9.17, 15) is 13.2 Å². The summed E-state index contributed by atoms with van der Waals surface area (Å²) in [5.41, 5.74) is 1.83. The van der Waals surface area contributed by atoms with E-state index < -0.39 is 9.84 Å². The Kier molecular flexibility index (Phi) is 4.00. The van der Waals surface area contributed by atoms with Crippen molar-refractivity contribution < 1.29 is 8.42 Å². The van der Waals surface area contributed by atoms with Crippen LogP contribution < -0.4 is 5.69 Å². The highest BCUT2D eigenvalue weighted by molar-refractivity contribution is 7.91. The molecule has 6 nitrogen and oxygen atoms in total. The van der Waals surface area contributed by atoms with Gasteiger partial charge in [-0.05, 0) is 37.3 Å². The normalized spacial score (nSPS) is 25.4. The van der Waals surface area contributed by atoms with Crippen molar-refractivity contribution in [1.82, 2.24) is 14.5 Å². The molecule has 1 unspecified atom stereocenters. The highest BCUT2D eigenvalue weighted by Crippen LogP contribution is 2.27. The lowest BCUT2D eigenvalue weighted by atomic mass is 10.0. The van der Waals surface area contributed by atoms with Crippen LogP contribution in [-0.2, 0) is 9.84 Å². The van der Waals surface area contributed by atoms with Gasteiger partial charge in [0.25, 0.3) is 0 Å². The van der Waals surface area contributed by atoms with Crippen LogP contribution >= 0.6 is 0 Å². The van der Waals surface area contributed by atoms with Crippen molar-refractivity contribution in [3.63, 3.8) is 0 Å². The van der Waals surface area contributed by atoms with Crippen molar-refractivity contribution in [2.75, 3.05) is 31.1 Å². The van der Waals surface area contributed by atoms with Crippen molar-refractivity contribution >= 4 is 20.9 Å². The molecule has 1 atom stereocenters. The Hall–Kier alpha value is -1.60. The van der Waals surface area contributed by atoms with Crippen LogP contribution in [0.3, 0.4) is 0 Å². The summed E-state index contributed by atoms with van der Waals surface area (Å²) in [5, 5.41) is 0. The zero-order chi connectivity index (χ0) is 16.7. The molecule has 0 saturated carbocycles. The number of hydrogen-bond donors (Lipinski definition) is 1. The number of para-hydroxylation sites is 2. The number of sulfone groups is 1. The fourth-order valence-corrected chi connectivity index (χ4v) is 6.03. The highest BCUT2D eigenvalue weighted by atomic mass is 32.2. The van der Waals surface area contributed by atoms with Crippen LogP contribution in [-0.4, -0.2) is 54.0 Å². The molecule has 7 heteroatoms. The lowest BCUT2D eigenvalue weighted by Gasteiger charge is -2.33. The average Bonchev–Trinajstić information content (AvgIpc) is 3.06. The van der Waals surface area contributed by atoms with Gasteiger partial charge < -0.3 is 9.88 Å². The van der Waals surface area contributed by atoms with Crippen molar-refractivity contribution in [2.24, 2.45) is 5.92 Å². The summed E-state index contributed by atoms with van der Waals surface area (Å²) < 4.78 is 25.1. The fourth-order valence-electron chi connectivity index (χ4n) is 4.18. The summed E-state index contributed by atoms with van der Waals surface area (Å²) in [6.45, 7) is 2.72. The zero-order valence-corrected chi connectivity index (χ0v) is 14.5. The molecule has 1 aromatic carbocycles. The van der Waals surface area contributed by atoms with Gasteiger partial charge in [0.2, 0.25) is 0 Å². The van der Waals surface area contributed by atoms with Crippen LogP contribution in [0.1, 0.15) is 25.3 Å². The Labute approximate surface area is 141 Å². The third-order valence-corrected chi connectivity index (χ3v) is 7.23. The molecule has 2 aromatic rings. The maximum absolute atomic E-state index is 12.3. The second-order valence-corrected chi connectivity index (χ2v) is 9.35. The minimum Gasteiger partial charge on any atom is -0.306 e. The van der Waals surface area contributed by atoms with Crippen molar-refractivity contribution in [3.05, 3.63) is 34.7 Å². The number of piperidine rings is 1. The first-order chi connectivity index (χ1) is 11.5. The lowest BCUT2D eigenvalue weighted by molar-refractivity contribution is 0.168. The van der Waals surface area contributed by atoms with Crippen LogP contribution in [0.15, 0.2) is 29.1 Å². The highest BCUT2D eigenvalue weighted by Gasteiger charge is 2.31. The molecule has 2 saturated heterocycles. The molecule has 4 rings (SSSR count). The minimum atomic E-state index is -2.80. The summed E-state index contributed by atoms with van der Waals surface area (Å²) in [4.78, 5) is 17.6. The van der Waals surface area contributed by atoms with Gasteiger partial charge in [-0.1, -0.05) is 12.1 Å². The summed E-state index contributed by atoms with van der Waals surface area (Å²) in [7, 11) is -2.80. The van der Waals surface area contributed by atoms with Crippen molar-refractivity contribution in [2.45, 2.75) is 25.3 Å². The van der Waals surface area contributed by atoms with Gasteiger partial charge in [-0.3, -0.25) is 4.57 Å². The largest absolute Gasteiger partial charge is 0.326 e. The van der Waals surface area contributed by atoms with Crippen LogP contribution in [0.5, 0.6) is 0 Å². The molecular formula is C17H23N3O3S. The Morgan fingerprint density at radius 2 is 1.88 bits per heavy atom. The smallest absolute Gasteiger partial charge is 0.306 e. The SMILES string of the molecule is O=c1[nH]c2ccccc2n1C1CCN(CC2CCS(=O)(=O)C2)CC1. The second-order valence-electron chi connectivity index (χ2n) is 7.12. The number of hydrogen-bond acceptors (Lipinski definition) is 4. The predicted octanol–water partition coefficient (Wildman–Crippen LogP) is 1.40. The summed E-state index contributed by atoms with van der Waals surface area (Å²) >= 11 is 0. The van der Waals surface area contributed by atoms with Gasteiger partial charge in [0.1, 0.15) is 0 Å². The molecular weight excluding hydrogens is 326 g/mol. The van der Waals surface area contributed by atoms with Crippen LogP contribution in [0.2, 0.25) is 0 Å². The van der Waals surface area contributed by atoms with E-state index in [1.54, 1.807) is 0 Å². The maximum atomic E-state index is 12.3. The van der Waals surface area contributed by atoms with E-state index in [0.717, 1.165) is 49.9 Å². The summed E-state index contributed by atoms with van der Waals surface area (Å²) in [5.74, 6) is 0.968. The summed E-state index contributed by atoms with van der Waals surface area (Å²) in [6, 6.07) is 8.03. The van der Waals surface area contributed by atoms with Gasteiger partial charge in [0.15, 0.2) is 9.84 Å². The molecule has 0 aliphatic carbocycles. The monoisotopic (exact) mass is 349 g/mol. The molecule has 0 spiro atoms. The first-order valence-electron chi connectivity index (χ1n) is 8.64. The predicted molar refractivity (Wildman–Crippen MR) is 94.0 cm³/mol. The molecule has 0 amide bonds. The number of aromatic amines is 1. The van der Waals surface area contributed by atoms with Crippen LogP contribution in [0.4, 0.5) is 0 Å². The van der Waals surface area contributed by atoms with E-state index in [-0.39, 0.29) is 17.6 Å². The van der Waals surface area contributed by atoms with Crippen LogP contribution in [0, 0.1) is 5.92 Å². The topological polar surface area (TPSA) is 75.2 Å². The molecule has 0 radical (unpaired) electrons. The Balaban J connectivity index is 1.43. The number of likely N-dealkylation sites (tertiary alicyclic amines) is 1. The lowest BCUT2D eigenvalue weighted by Crippen LogP contribution is -2.39. The maximum Gasteiger partial charge on any atom is 0.326 e. The zero-order valence-electron chi connectivity index (χ0n) is 13.6. The molecule has 1 aromatic heterocycles. The third kappa shape index (κ3) is 3.02. The van der Waals surface area contributed by atoms with E-state index in [1.165, 1.54) is 0 Å². The summed E-state index contributed by atoms with van der Waals surface area (Å²) in [6.07, 6.45) is 2.66. The molecule has 2 aliphatic rings. The quantitative estimate of drug-likeness (QED) is 0.909. The van der Waals surface area contributed by atoms with Gasteiger partial charge in [-0.25, -0.2) is 13.2 Å². The number of fused-ring (bicyclic) bond motifs is 1. The number of benzene rings is 1. The van der Waals surface area contributed by atoms with Crippen LogP contribution in [0.25, 0.3) is 11.0 Å². The molecule has 24 heavy (non-hydrogen) atoms. The molecule has 2 fully saturated rings. The Bertz CT molecular complexity index is 891. The number of nitrogens with zero attached hydrogens (tertiary/aromatic N) is 2. The van der Waals surface area contributed by atoms with Gasteiger partial charge in [0.05, 0.1) is 22.5 Å². The standard InChI is InChI=1S/C17H23N3O3S/c21-17-18-15-3-1-2-4-16(15)20(17)14-5-8-19(9-6-14)11-13-7-10-24(22,23)12-13/h1-4,13-14H,5-12H2,(H,18,21). The Morgan fingerprint density at radius 3 is 2.58 bits per heavy atom. The van der Waals surface area contributed by atoms with E-state index in [1.807, 2.05) is 28.8 Å². The van der Waals surface area contributed by atoms with E-state index >= 15 is 0 Å². The number of rotatable bonds is 3. The number of aromatic nitrogens is 2. The van der Waals surface area contributed by atoms with Gasteiger partial charge in [-0.2, -0.15) is 0 Å². The molecule has 3 heterocycles. The fraction of sp³-hybridized carbons (Fsp3) is 0.588. The van der Waals surface area contributed by atoms with Gasteiger partial charge >= 0.3 is 5.69 Å².